The van der Waals surface area contributed by atoms with Gasteiger partial charge in [-0.05, 0) is 19.2 Å². The summed E-state index contributed by atoms with van der Waals surface area (Å²) in [5, 5.41) is 7.74. The first-order valence-corrected chi connectivity index (χ1v) is 7.27. The molecule has 22 heavy (non-hydrogen) atoms. The summed E-state index contributed by atoms with van der Waals surface area (Å²) in [6, 6.07) is 7.40. The molecule has 1 aromatic heterocycles. The van der Waals surface area contributed by atoms with Gasteiger partial charge in [0.2, 0.25) is 5.91 Å². The van der Waals surface area contributed by atoms with Gasteiger partial charge in [0.15, 0.2) is 0 Å². The van der Waals surface area contributed by atoms with E-state index in [-0.39, 0.29) is 30.7 Å². The molecule has 0 spiro atoms. The van der Waals surface area contributed by atoms with Crippen LogP contribution < -0.4 is 15.4 Å². The molecule has 8 heteroatoms. The van der Waals surface area contributed by atoms with Crippen LogP contribution in [0, 0.1) is 0 Å². The summed E-state index contributed by atoms with van der Waals surface area (Å²) in [7, 11) is 1.82. The fraction of sp³-hybridized carbons (Fsp3) is 0.286. The number of halogens is 2. The van der Waals surface area contributed by atoms with E-state index < -0.39 is 0 Å². The normalized spacial score (nSPS) is 9.32. The molecule has 0 saturated carbocycles. The van der Waals surface area contributed by atoms with Crippen molar-refractivity contribution in [1.29, 1.82) is 0 Å². The third-order valence-electron chi connectivity index (χ3n) is 2.62. The van der Waals surface area contributed by atoms with Crippen molar-refractivity contribution in [2.45, 2.75) is 13.0 Å². The highest BCUT2D eigenvalue weighted by atomic mass is 35.5. The van der Waals surface area contributed by atoms with Gasteiger partial charge in [0.1, 0.15) is 12.4 Å². The second-order valence-corrected chi connectivity index (χ2v) is 4.89. The maximum Gasteiger partial charge on any atom is 0.225 e. The van der Waals surface area contributed by atoms with Gasteiger partial charge < -0.3 is 15.4 Å². The molecule has 0 radical (unpaired) electrons. The number of anilines is 1. The van der Waals surface area contributed by atoms with E-state index in [9.17, 15) is 4.79 Å². The van der Waals surface area contributed by atoms with Crippen LogP contribution in [-0.2, 0) is 11.4 Å². The summed E-state index contributed by atoms with van der Waals surface area (Å²) < 4.78 is 5.70. The minimum atomic E-state index is -0.0379. The summed E-state index contributed by atoms with van der Waals surface area (Å²) in [4.78, 5) is 15.9. The highest BCUT2D eigenvalue weighted by Crippen LogP contribution is 2.24. The van der Waals surface area contributed by atoms with E-state index in [4.69, 9.17) is 4.74 Å². The van der Waals surface area contributed by atoms with Crippen LogP contribution in [0.5, 0.6) is 5.75 Å². The number of ether oxygens (including phenoxy) is 1. The molecule has 0 aliphatic carbocycles. The molecule has 2 aromatic rings. The van der Waals surface area contributed by atoms with Crippen molar-refractivity contribution < 1.29 is 9.53 Å². The first-order valence-electron chi connectivity index (χ1n) is 6.33. The molecular weight excluding hydrogens is 345 g/mol. The molecule has 0 aliphatic heterocycles. The van der Waals surface area contributed by atoms with E-state index >= 15 is 0 Å². The molecule has 2 rings (SSSR count). The number of carbonyl (C=O) groups is 1. The van der Waals surface area contributed by atoms with Crippen LogP contribution in [0.15, 0.2) is 35.2 Å². The van der Waals surface area contributed by atoms with Crippen LogP contribution >= 0.6 is 36.2 Å². The van der Waals surface area contributed by atoms with Gasteiger partial charge in [-0.25, -0.2) is 4.98 Å². The number of carbonyl (C=O) groups excluding carboxylic acids is 1. The third kappa shape index (κ3) is 6.62. The zero-order valence-electron chi connectivity index (χ0n) is 12.1. The number of hydrogen-bond donors (Lipinski definition) is 2. The lowest BCUT2D eigenvalue weighted by atomic mass is 10.2. The second-order valence-electron chi connectivity index (χ2n) is 4.17. The lowest BCUT2D eigenvalue weighted by molar-refractivity contribution is -0.116. The molecule has 0 aliphatic rings. The van der Waals surface area contributed by atoms with Gasteiger partial charge in [0, 0.05) is 18.3 Å². The topological polar surface area (TPSA) is 63.2 Å². The van der Waals surface area contributed by atoms with Gasteiger partial charge >= 0.3 is 0 Å². The maximum atomic E-state index is 11.7. The zero-order valence-corrected chi connectivity index (χ0v) is 14.5. The SMILES string of the molecule is CNCCC(=O)Nc1ccccc1OCc1cscn1.Cl.Cl. The van der Waals surface area contributed by atoms with Crippen LogP contribution in [0.25, 0.3) is 0 Å². The number of benzene rings is 1. The first-order chi connectivity index (χ1) is 9.79. The van der Waals surface area contributed by atoms with E-state index in [1.807, 2.05) is 36.7 Å². The van der Waals surface area contributed by atoms with Crippen LogP contribution in [0.4, 0.5) is 5.69 Å². The lowest BCUT2D eigenvalue weighted by Gasteiger charge is -2.11. The van der Waals surface area contributed by atoms with Crippen LogP contribution in [0.2, 0.25) is 0 Å². The Morgan fingerprint density at radius 3 is 2.77 bits per heavy atom. The number of nitrogens with zero attached hydrogens (tertiary/aromatic N) is 1. The molecule has 2 N–H and O–H groups in total. The van der Waals surface area contributed by atoms with Gasteiger partial charge in [-0.3, -0.25) is 4.79 Å². The lowest BCUT2D eigenvalue weighted by Crippen LogP contribution is -2.19. The molecule has 0 unspecified atom stereocenters. The summed E-state index contributed by atoms with van der Waals surface area (Å²) in [5.74, 6) is 0.613. The maximum absolute atomic E-state index is 11.7. The van der Waals surface area contributed by atoms with E-state index in [1.165, 1.54) is 11.3 Å². The van der Waals surface area contributed by atoms with Crippen molar-refractivity contribution in [3.8, 4) is 5.75 Å². The number of thiazole rings is 1. The number of rotatable bonds is 7. The molecule has 122 valence electrons. The van der Waals surface area contributed by atoms with E-state index in [2.05, 4.69) is 15.6 Å². The Hall–Kier alpha value is -1.34. The molecule has 0 atom stereocenters. The average Bonchev–Trinajstić information content (AvgIpc) is 2.97. The smallest absolute Gasteiger partial charge is 0.225 e. The van der Waals surface area contributed by atoms with E-state index in [0.29, 0.717) is 31.0 Å². The number of nitrogens with one attached hydrogen (secondary N) is 2. The van der Waals surface area contributed by atoms with Gasteiger partial charge in [0.25, 0.3) is 0 Å². The van der Waals surface area contributed by atoms with E-state index in [1.54, 1.807) is 5.51 Å². The van der Waals surface area contributed by atoms with Crippen molar-refractivity contribution in [2.75, 3.05) is 18.9 Å². The Morgan fingerprint density at radius 1 is 1.32 bits per heavy atom. The van der Waals surface area contributed by atoms with Crippen molar-refractivity contribution in [2.24, 2.45) is 0 Å². The number of para-hydroxylation sites is 2. The molecule has 0 bridgehead atoms. The van der Waals surface area contributed by atoms with Crippen LogP contribution in [0.1, 0.15) is 12.1 Å². The first kappa shape index (κ1) is 20.7. The highest BCUT2D eigenvalue weighted by Gasteiger charge is 2.07. The van der Waals surface area contributed by atoms with Gasteiger partial charge in [-0.15, -0.1) is 36.2 Å². The predicted molar refractivity (Wildman–Crippen MR) is 94.6 cm³/mol. The number of amides is 1. The number of hydrogen-bond acceptors (Lipinski definition) is 5. The van der Waals surface area contributed by atoms with Crippen LogP contribution in [0.3, 0.4) is 0 Å². The summed E-state index contributed by atoms with van der Waals surface area (Å²) >= 11 is 1.53. The van der Waals surface area contributed by atoms with E-state index in [0.717, 1.165) is 5.69 Å². The van der Waals surface area contributed by atoms with Gasteiger partial charge in [-0.1, -0.05) is 12.1 Å². The fourth-order valence-electron chi connectivity index (χ4n) is 1.61. The minimum Gasteiger partial charge on any atom is -0.485 e. The zero-order chi connectivity index (χ0) is 14.2. The molecule has 1 heterocycles. The standard InChI is InChI=1S/C14H17N3O2S.2ClH/c1-15-7-6-14(18)17-12-4-2-3-5-13(12)19-8-11-9-20-10-16-11;;/h2-5,9-10,15H,6-8H2,1H3,(H,17,18);2*1H. The van der Waals surface area contributed by atoms with Gasteiger partial charge in [0.05, 0.1) is 16.9 Å². The Balaban J connectivity index is 0.00000220. The van der Waals surface area contributed by atoms with Crippen molar-refractivity contribution in [1.82, 2.24) is 10.3 Å². The summed E-state index contributed by atoms with van der Waals surface area (Å²) in [5.41, 5.74) is 3.33. The minimum absolute atomic E-state index is 0. The largest absolute Gasteiger partial charge is 0.485 e. The predicted octanol–water partition coefficient (Wildman–Crippen LogP) is 3.11. The average molecular weight is 364 g/mol. The van der Waals surface area contributed by atoms with Crippen molar-refractivity contribution >= 4 is 47.7 Å². The Labute approximate surface area is 146 Å². The summed E-state index contributed by atoms with van der Waals surface area (Å²) in [6.45, 7) is 1.04. The molecule has 0 fully saturated rings. The summed E-state index contributed by atoms with van der Waals surface area (Å²) in [6.07, 6.45) is 0.428. The van der Waals surface area contributed by atoms with Crippen molar-refractivity contribution in [3.63, 3.8) is 0 Å². The van der Waals surface area contributed by atoms with Crippen molar-refractivity contribution in [3.05, 3.63) is 40.8 Å². The number of aromatic nitrogens is 1. The monoisotopic (exact) mass is 363 g/mol. The fourth-order valence-corrected chi connectivity index (χ4v) is 2.15. The third-order valence-corrected chi connectivity index (χ3v) is 3.26. The molecule has 5 nitrogen and oxygen atoms in total. The Morgan fingerprint density at radius 2 is 2.09 bits per heavy atom. The molecular formula is C14H19Cl2N3O2S. The Kier molecular flexibility index (Phi) is 10.6. The quantitative estimate of drug-likeness (QED) is 0.793. The van der Waals surface area contributed by atoms with Crippen LogP contribution in [-0.4, -0.2) is 24.5 Å². The molecule has 0 saturated heterocycles. The highest BCUT2D eigenvalue weighted by molar-refractivity contribution is 7.07. The molecule has 1 aromatic carbocycles. The Bertz CT molecular complexity index is 553. The second kappa shape index (κ2) is 11.3. The molecule has 1 amide bonds. The van der Waals surface area contributed by atoms with Gasteiger partial charge in [-0.2, -0.15) is 0 Å².